The first-order valence-electron chi connectivity index (χ1n) is 7.02. The van der Waals surface area contributed by atoms with E-state index in [9.17, 15) is 14.9 Å². The van der Waals surface area contributed by atoms with Gasteiger partial charge in [0.05, 0.1) is 16.3 Å². The van der Waals surface area contributed by atoms with Crippen LogP contribution < -0.4 is 5.32 Å². The second kappa shape index (κ2) is 4.91. The average Bonchev–Trinajstić information content (AvgIpc) is 2.89. The van der Waals surface area contributed by atoms with Gasteiger partial charge in [0, 0.05) is 17.7 Å². The van der Waals surface area contributed by atoms with Gasteiger partial charge < -0.3 is 10.1 Å². The molecule has 7 heteroatoms. The molecule has 0 bridgehead atoms. The molecule has 7 nitrogen and oxygen atoms in total. The van der Waals surface area contributed by atoms with Gasteiger partial charge in [0.15, 0.2) is 12.1 Å². The number of anilines is 1. The number of aliphatic imine (C=N–C) groups is 1. The summed E-state index contributed by atoms with van der Waals surface area (Å²) >= 11 is 0. The van der Waals surface area contributed by atoms with Crippen molar-refractivity contribution in [2.45, 2.75) is 12.1 Å². The van der Waals surface area contributed by atoms with E-state index >= 15 is 0 Å². The number of hydrogen-bond acceptors (Lipinski definition) is 6. The fraction of sp³-hybridized carbons (Fsp3) is 0.125. The van der Waals surface area contributed by atoms with Crippen LogP contribution in [0, 0.1) is 10.1 Å². The Morgan fingerprint density at radius 2 is 2.00 bits per heavy atom. The third kappa shape index (κ3) is 2.13. The lowest BCUT2D eigenvalue weighted by Crippen LogP contribution is -2.33. The van der Waals surface area contributed by atoms with Crippen LogP contribution in [0.4, 0.5) is 17.1 Å². The Morgan fingerprint density at radius 3 is 2.83 bits per heavy atom. The fourth-order valence-electron chi connectivity index (χ4n) is 2.74. The maximum absolute atomic E-state index is 12.6. The standard InChI is InChI=1S/C16H11N3O4/c20-14-13-16(18-12-7-2-1-6-11(12)17-13)23-15(14)9-4-3-5-10(8-9)19(21)22/h1-8,13,15,17H/t13-,15-/m1/s1. The van der Waals surface area contributed by atoms with Gasteiger partial charge in [-0.25, -0.2) is 4.99 Å². The molecule has 2 aromatic rings. The molecular formula is C16H11N3O4. The summed E-state index contributed by atoms with van der Waals surface area (Å²) in [5.41, 5.74) is 1.84. The zero-order valence-corrected chi connectivity index (χ0v) is 11.8. The van der Waals surface area contributed by atoms with Gasteiger partial charge in [-0.05, 0) is 12.1 Å². The molecule has 0 unspecified atom stereocenters. The maximum Gasteiger partial charge on any atom is 0.269 e. The number of Topliss-reactive ketones (excluding diaryl/α,β-unsaturated/α-hetero) is 1. The first-order valence-corrected chi connectivity index (χ1v) is 7.02. The number of carbonyl (C=O) groups excluding carboxylic acids is 1. The van der Waals surface area contributed by atoms with E-state index in [1.54, 1.807) is 6.07 Å². The predicted octanol–water partition coefficient (Wildman–Crippen LogP) is 2.76. The van der Waals surface area contributed by atoms with Gasteiger partial charge in [-0.2, -0.15) is 0 Å². The van der Waals surface area contributed by atoms with Crippen LogP contribution in [-0.4, -0.2) is 22.6 Å². The highest BCUT2D eigenvalue weighted by Gasteiger charge is 2.44. The molecule has 2 aromatic carbocycles. The molecule has 1 N–H and O–H groups in total. The van der Waals surface area contributed by atoms with E-state index in [1.807, 2.05) is 24.3 Å². The number of nitrogens with one attached hydrogen (secondary N) is 1. The van der Waals surface area contributed by atoms with E-state index in [0.717, 1.165) is 5.69 Å². The summed E-state index contributed by atoms with van der Waals surface area (Å²) in [5, 5.41) is 14.0. The van der Waals surface area contributed by atoms with Gasteiger partial charge in [0.2, 0.25) is 11.7 Å². The van der Waals surface area contributed by atoms with Crippen LogP contribution in [0.3, 0.4) is 0 Å². The zero-order chi connectivity index (χ0) is 16.0. The number of benzene rings is 2. The van der Waals surface area contributed by atoms with E-state index in [2.05, 4.69) is 10.3 Å². The summed E-state index contributed by atoms with van der Waals surface area (Å²) in [6.45, 7) is 0. The maximum atomic E-state index is 12.6. The molecular weight excluding hydrogens is 298 g/mol. The lowest BCUT2D eigenvalue weighted by Gasteiger charge is -2.18. The van der Waals surface area contributed by atoms with Crippen LogP contribution in [0.25, 0.3) is 0 Å². The minimum absolute atomic E-state index is 0.0769. The molecule has 0 amide bonds. The summed E-state index contributed by atoms with van der Waals surface area (Å²) in [4.78, 5) is 27.4. The highest BCUT2D eigenvalue weighted by atomic mass is 16.6. The lowest BCUT2D eigenvalue weighted by atomic mass is 10.0. The van der Waals surface area contributed by atoms with Crippen molar-refractivity contribution in [1.82, 2.24) is 0 Å². The fourth-order valence-corrected chi connectivity index (χ4v) is 2.74. The van der Waals surface area contributed by atoms with Crippen molar-refractivity contribution in [3.63, 3.8) is 0 Å². The number of hydrogen-bond donors (Lipinski definition) is 1. The van der Waals surface area contributed by atoms with E-state index in [4.69, 9.17) is 4.74 Å². The molecule has 2 atom stereocenters. The van der Waals surface area contributed by atoms with Crippen LogP contribution in [0.2, 0.25) is 0 Å². The topological polar surface area (TPSA) is 93.8 Å². The van der Waals surface area contributed by atoms with Crippen LogP contribution >= 0.6 is 0 Å². The van der Waals surface area contributed by atoms with Crippen LogP contribution in [0.5, 0.6) is 0 Å². The summed E-state index contributed by atoms with van der Waals surface area (Å²) in [5.74, 6) is 0.0870. The summed E-state index contributed by atoms with van der Waals surface area (Å²) < 4.78 is 5.67. The van der Waals surface area contributed by atoms with E-state index in [-0.39, 0.29) is 11.5 Å². The number of fused-ring (bicyclic) bond motifs is 2. The quantitative estimate of drug-likeness (QED) is 0.680. The number of nitro benzene ring substituents is 1. The second-order valence-corrected chi connectivity index (χ2v) is 5.30. The molecule has 0 saturated carbocycles. The van der Waals surface area contributed by atoms with Gasteiger partial charge in [-0.1, -0.05) is 24.3 Å². The third-order valence-corrected chi connectivity index (χ3v) is 3.85. The molecule has 0 aliphatic carbocycles. The van der Waals surface area contributed by atoms with Crippen molar-refractivity contribution in [2.75, 3.05) is 5.32 Å². The van der Waals surface area contributed by atoms with Crippen molar-refractivity contribution in [3.05, 3.63) is 64.2 Å². The molecule has 2 aliphatic rings. The third-order valence-electron chi connectivity index (χ3n) is 3.85. The highest BCUT2D eigenvalue weighted by Crippen LogP contribution is 2.37. The molecule has 2 aliphatic heterocycles. The smallest absolute Gasteiger partial charge is 0.269 e. The number of nitro groups is 1. The lowest BCUT2D eigenvalue weighted by molar-refractivity contribution is -0.384. The van der Waals surface area contributed by atoms with Crippen molar-refractivity contribution in [3.8, 4) is 0 Å². The number of carbonyl (C=O) groups is 1. The summed E-state index contributed by atoms with van der Waals surface area (Å²) in [7, 11) is 0. The summed E-state index contributed by atoms with van der Waals surface area (Å²) in [6, 6.07) is 12.6. The molecule has 23 heavy (non-hydrogen) atoms. The van der Waals surface area contributed by atoms with Gasteiger partial charge in [0.25, 0.3) is 5.69 Å². The first-order chi connectivity index (χ1) is 11.1. The number of ketones is 1. The molecule has 4 rings (SSSR count). The predicted molar refractivity (Wildman–Crippen MR) is 82.9 cm³/mol. The molecule has 0 spiro atoms. The van der Waals surface area contributed by atoms with Crippen molar-refractivity contribution >= 4 is 28.7 Å². The first kappa shape index (κ1) is 13.4. The molecule has 2 heterocycles. The molecule has 0 aromatic heterocycles. The zero-order valence-electron chi connectivity index (χ0n) is 11.8. The minimum Gasteiger partial charge on any atom is -0.463 e. The van der Waals surface area contributed by atoms with Crippen LogP contribution in [-0.2, 0) is 9.53 Å². The van der Waals surface area contributed by atoms with Gasteiger partial charge >= 0.3 is 0 Å². The Bertz CT molecular complexity index is 862. The Labute approximate surface area is 130 Å². The van der Waals surface area contributed by atoms with Gasteiger partial charge in [-0.15, -0.1) is 0 Å². The average molecular weight is 309 g/mol. The largest absolute Gasteiger partial charge is 0.463 e. The van der Waals surface area contributed by atoms with E-state index in [1.165, 1.54) is 18.2 Å². The number of rotatable bonds is 2. The Hall–Kier alpha value is -3.22. The SMILES string of the molecule is O=C1[C@H]2Nc3ccccc3N=C2O[C@@H]1c1cccc([N+](=O)[O-])c1. The highest BCUT2D eigenvalue weighted by molar-refractivity contribution is 6.16. The number of para-hydroxylation sites is 2. The number of non-ortho nitro benzene ring substituents is 1. The molecule has 1 fully saturated rings. The normalized spacial score (nSPS) is 21.6. The molecule has 0 radical (unpaired) electrons. The van der Waals surface area contributed by atoms with Gasteiger partial charge in [-0.3, -0.25) is 14.9 Å². The Morgan fingerprint density at radius 1 is 1.17 bits per heavy atom. The Balaban J connectivity index is 1.69. The number of nitrogens with zero attached hydrogens (tertiary/aromatic N) is 2. The van der Waals surface area contributed by atoms with Crippen molar-refractivity contribution < 1.29 is 14.5 Å². The molecule has 114 valence electrons. The van der Waals surface area contributed by atoms with Gasteiger partial charge in [0.1, 0.15) is 0 Å². The van der Waals surface area contributed by atoms with E-state index in [0.29, 0.717) is 17.1 Å². The van der Waals surface area contributed by atoms with Crippen LogP contribution in [0.1, 0.15) is 11.7 Å². The monoisotopic (exact) mass is 309 g/mol. The molecule has 1 saturated heterocycles. The second-order valence-electron chi connectivity index (χ2n) is 5.30. The minimum atomic E-state index is -0.888. The summed E-state index contributed by atoms with van der Waals surface area (Å²) in [6.07, 6.45) is -0.888. The van der Waals surface area contributed by atoms with E-state index < -0.39 is 17.1 Å². The number of ether oxygens (including phenoxy) is 1. The van der Waals surface area contributed by atoms with Crippen molar-refractivity contribution in [2.24, 2.45) is 4.99 Å². The Kier molecular flexibility index (Phi) is 2.87. The van der Waals surface area contributed by atoms with Crippen molar-refractivity contribution in [1.29, 1.82) is 0 Å². The van der Waals surface area contributed by atoms with Crippen LogP contribution in [0.15, 0.2) is 53.5 Å².